The van der Waals surface area contributed by atoms with Crippen molar-refractivity contribution in [3.8, 4) is 5.75 Å². The summed E-state index contributed by atoms with van der Waals surface area (Å²) in [6.07, 6.45) is 0. The monoisotopic (exact) mass is 274 g/mol. The predicted molar refractivity (Wildman–Crippen MR) is 62.7 cm³/mol. The number of methoxy groups -OCH3 is 1. The average Bonchev–Trinajstić information content (AvgIpc) is 2.38. The first-order chi connectivity index (χ1) is 8.41. The molecule has 1 rings (SSSR count). The summed E-state index contributed by atoms with van der Waals surface area (Å²) in [6, 6.07) is 5.77. The maximum Gasteiger partial charge on any atom is 0.258 e. The van der Waals surface area contributed by atoms with Crippen molar-refractivity contribution in [3.63, 3.8) is 0 Å². The van der Waals surface area contributed by atoms with E-state index in [9.17, 15) is 13.2 Å². The van der Waals surface area contributed by atoms with Crippen LogP contribution in [0.4, 0.5) is 0 Å². The fourth-order valence-electron chi connectivity index (χ4n) is 1.25. The number of nitrogens with one attached hydrogen (secondary N) is 1. The first kappa shape index (κ1) is 14.4. The van der Waals surface area contributed by atoms with Gasteiger partial charge in [-0.15, -0.1) is 0 Å². The topological polar surface area (TPSA) is 95.9 Å². The number of rotatable bonds is 5. The Balaban J connectivity index is 2.94. The molecule has 0 saturated carbocycles. The van der Waals surface area contributed by atoms with E-state index in [2.05, 4.69) is 0 Å². The van der Waals surface area contributed by atoms with Gasteiger partial charge in [-0.1, -0.05) is 0 Å². The SMILES string of the molecule is COc1ccc(S(=O)(=O)N(C)CC(=O)NO)cc1. The summed E-state index contributed by atoms with van der Waals surface area (Å²) < 4.78 is 29.8. The number of hydroxylamine groups is 1. The number of benzene rings is 1. The van der Waals surface area contributed by atoms with Gasteiger partial charge >= 0.3 is 0 Å². The van der Waals surface area contributed by atoms with Crippen LogP contribution >= 0.6 is 0 Å². The van der Waals surface area contributed by atoms with Crippen LogP contribution in [0.1, 0.15) is 0 Å². The molecule has 0 unspecified atom stereocenters. The Bertz CT molecular complexity index is 512. The highest BCUT2D eigenvalue weighted by molar-refractivity contribution is 7.89. The fourth-order valence-corrected chi connectivity index (χ4v) is 2.38. The molecule has 0 radical (unpaired) electrons. The number of ether oxygens (including phenoxy) is 1. The maximum absolute atomic E-state index is 12.0. The third kappa shape index (κ3) is 3.19. The Kier molecular flexibility index (Phi) is 4.65. The number of hydrogen-bond donors (Lipinski definition) is 2. The lowest BCUT2D eigenvalue weighted by Crippen LogP contribution is -2.37. The van der Waals surface area contributed by atoms with E-state index < -0.39 is 22.5 Å². The number of amides is 1. The molecule has 0 aliphatic rings. The summed E-state index contributed by atoms with van der Waals surface area (Å²) in [6.45, 7) is -0.467. The molecule has 7 nitrogen and oxygen atoms in total. The number of hydrogen-bond acceptors (Lipinski definition) is 5. The largest absolute Gasteiger partial charge is 0.497 e. The quantitative estimate of drug-likeness (QED) is 0.573. The summed E-state index contributed by atoms with van der Waals surface area (Å²) in [5, 5.41) is 8.35. The van der Waals surface area contributed by atoms with Crippen molar-refractivity contribution in [2.24, 2.45) is 0 Å². The molecule has 2 N–H and O–H groups in total. The molecule has 0 spiro atoms. The number of nitrogens with zero attached hydrogens (tertiary/aromatic N) is 1. The van der Waals surface area contributed by atoms with Gasteiger partial charge in [-0.05, 0) is 24.3 Å². The van der Waals surface area contributed by atoms with Gasteiger partial charge in [0.05, 0.1) is 18.6 Å². The van der Waals surface area contributed by atoms with Gasteiger partial charge in [0, 0.05) is 7.05 Å². The van der Waals surface area contributed by atoms with Crippen molar-refractivity contribution in [1.82, 2.24) is 9.79 Å². The van der Waals surface area contributed by atoms with E-state index in [4.69, 9.17) is 9.94 Å². The Morgan fingerprint density at radius 2 is 1.94 bits per heavy atom. The third-order valence-corrected chi connectivity index (χ3v) is 4.08. The van der Waals surface area contributed by atoms with Gasteiger partial charge in [0.1, 0.15) is 5.75 Å². The molecule has 0 bridgehead atoms. The molecule has 0 heterocycles. The second kappa shape index (κ2) is 5.80. The highest BCUT2D eigenvalue weighted by atomic mass is 32.2. The second-order valence-corrected chi connectivity index (χ2v) is 5.52. The van der Waals surface area contributed by atoms with E-state index in [1.54, 1.807) is 0 Å². The molecule has 0 aliphatic carbocycles. The van der Waals surface area contributed by atoms with Gasteiger partial charge in [0.25, 0.3) is 5.91 Å². The van der Waals surface area contributed by atoms with Crippen LogP contribution in [0.25, 0.3) is 0 Å². The van der Waals surface area contributed by atoms with E-state index in [1.807, 2.05) is 0 Å². The lowest BCUT2D eigenvalue weighted by molar-refractivity contribution is -0.129. The van der Waals surface area contributed by atoms with E-state index in [-0.39, 0.29) is 4.90 Å². The van der Waals surface area contributed by atoms with E-state index in [0.29, 0.717) is 5.75 Å². The van der Waals surface area contributed by atoms with Crippen LogP contribution in [0.5, 0.6) is 5.75 Å². The zero-order valence-corrected chi connectivity index (χ0v) is 10.8. The highest BCUT2D eigenvalue weighted by Crippen LogP contribution is 2.18. The van der Waals surface area contributed by atoms with Crippen molar-refractivity contribution in [3.05, 3.63) is 24.3 Å². The van der Waals surface area contributed by atoms with Gasteiger partial charge in [0.2, 0.25) is 10.0 Å². The van der Waals surface area contributed by atoms with E-state index in [1.165, 1.54) is 43.9 Å². The molecule has 1 aromatic rings. The van der Waals surface area contributed by atoms with Crippen LogP contribution < -0.4 is 10.2 Å². The van der Waals surface area contributed by atoms with Gasteiger partial charge in [-0.2, -0.15) is 4.31 Å². The number of likely N-dealkylation sites (N-methyl/N-ethyl adjacent to an activating group) is 1. The lowest BCUT2D eigenvalue weighted by Gasteiger charge is -2.16. The number of carbonyl (C=O) groups excluding carboxylic acids is 1. The Labute approximate surface area is 105 Å². The zero-order valence-electron chi connectivity index (χ0n) is 9.95. The summed E-state index contributed by atoms with van der Waals surface area (Å²) in [4.78, 5) is 11.0. The van der Waals surface area contributed by atoms with Crippen molar-refractivity contribution in [2.75, 3.05) is 20.7 Å². The summed E-state index contributed by atoms with van der Waals surface area (Å²) >= 11 is 0. The van der Waals surface area contributed by atoms with Gasteiger partial charge in [-0.25, -0.2) is 13.9 Å². The molecule has 0 aromatic heterocycles. The lowest BCUT2D eigenvalue weighted by atomic mass is 10.3. The van der Waals surface area contributed by atoms with Crippen LogP contribution in [0.2, 0.25) is 0 Å². The molecule has 8 heteroatoms. The minimum absolute atomic E-state index is 0.0385. The molecule has 0 aliphatic heterocycles. The minimum atomic E-state index is -3.76. The van der Waals surface area contributed by atoms with Crippen LogP contribution in [-0.2, 0) is 14.8 Å². The van der Waals surface area contributed by atoms with Gasteiger partial charge < -0.3 is 4.74 Å². The molecule has 100 valence electrons. The first-order valence-electron chi connectivity index (χ1n) is 4.95. The number of carbonyl (C=O) groups is 1. The third-order valence-electron chi connectivity index (χ3n) is 2.26. The van der Waals surface area contributed by atoms with Gasteiger partial charge in [0.15, 0.2) is 0 Å². The van der Waals surface area contributed by atoms with Crippen molar-refractivity contribution >= 4 is 15.9 Å². The van der Waals surface area contributed by atoms with Crippen molar-refractivity contribution in [1.29, 1.82) is 0 Å². The Hall–Kier alpha value is -1.64. The number of sulfonamides is 1. The van der Waals surface area contributed by atoms with Crippen molar-refractivity contribution < 1.29 is 23.2 Å². The molecule has 1 amide bonds. The van der Waals surface area contributed by atoms with Crippen LogP contribution in [0.15, 0.2) is 29.2 Å². The average molecular weight is 274 g/mol. The predicted octanol–water partition coefficient (Wildman–Crippen LogP) is -0.179. The summed E-state index contributed by atoms with van der Waals surface area (Å²) in [5.74, 6) is -0.278. The second-order valence-electron chi connectivity index (χ2n) is 3.47. The highest BCUT2D eigenvalue weighted by Gasteiger charge is 2.22. The van der Waals surface area contributed by atoms with Crippen molar-refractivity contribution in [2.45, 2.75) is 4.90 Å². The summed E-state index contributed by atoms with van der Waals surface area (Å²) in [7, 11) is -1.05. The normalized spacial score (nSPS) is 11.3. The molecular weight excluding hydrogens is 260 g/mol. The standard InChI is InChI=1S/C10H14N2O5S/c1-12(7-10(13)11-14)18(15,16)9-5-3-8(17-2)4-6-9/h3-6,14H,7H2,1-2H3,(H,11,13). The van der Waals surface area contributed by atoms with Crippen LogP contribution in [0.3, 0.4) is 0 Å². The Morgan fingerprint density at radius 3 is 2.39 bits per heavy atom. The Morgan fingerprint density at radius 1 is 1.39 bits per heavy atom. The molecule has 0 saturated heterocycles. The smallest absolute Gasteiger partial charge is 0.258 e. The van der Waals surface area contributed by atoms with Crippen LogP contribution in [-0.4, -0.2) is 44.5 Å². The first-order valence-corrected chi connectivity index (χ1v) is 6.39. The summed E-state index contributed by atoms with van der Waals surface area (Å²) in [5.41, 5.74) is 1.37. The van der Waals surface area contributed by atoms with Gasteiger partial charge in [-0.3, -0.25) is 10.0 Å². The maximum atomic E-state index is 12.0. The zero-order chi connectivity index (χ0) is 13.8. The van der Waals surface area contributed by atoms with E-state index >= 15 is 0 Å². The molecule has 0 atom stereocenters. The van der Waals surface area contributed by atoms with E-state index in [0.717, 1.165) is 4.31 Å². The molecule has 18 heavy (non-hydrogen) atoms. The fraction of sp³-hybridized carbons (Fsp3) is 0.300. The molecule has 1 aromatic carbocycles. The minimum Gasteiger partial charge on any atom is -0.497 e. The molecular formula is C10H14N2O5S. The van der Waals surface area contributed by atoms with Crippen LogP contribution in [0, 0.1) is 0 Å². The molecule has 0 fully saturated rings.